The predicted octanol–water partition coefficient (Wildman–Crippen LogP) is 6.77. The lowest BCUT2D eigenvalue weighted by molar-refractivity contribution is -0.116. The molecule has 0 bridgehead atoms. The fourth-order valence-electron chi connectivity index (χ4n) is 5.77. The Balaban J connectivity index is 1.09. The molecule has 0 spiro atoms. The van der Waals surface area contributed by atoms with Crippen molar-refractivity contribution in [2.75, 3.05) is 38.3 Å². The monoisotopic (exact) mass is 560 g/mol. The van der Waals surface area contributed by atoms with Crippen molar-refractivity contribution in [3.05, 3.63) is 83.4 Å². The lowest BCUT2D eigenvalue weighted by Gasteiger charge is -2.34. The number of fused-ring (bicyclic) bond motifs is 1. The molecule has 2 unspecified atom stereocenters. The van der Waals surface area contributed by atoms with Crippen LogP contribution in [0.4, 0.5) is 5.69 Å². The zero-order valence-corrected chi connectivity index (χ0v) is 24.5. The van der Waals surface area contributed by atoms with Crippen molar-refractivity contribution >= 4 is 23.4 Å². The van der Waals surface area contributed by atoms with Gasteiger partial charge in [0, 0.05) is 17.4 Å². The number of thioether (sulfide) groups is 1. The van der Waals surface area contributed by atoms with Gasteiger partial charge in [-0.25, -0.2) is 0 Å². The highest BCUT2D eigenvalue weighted by Crippen LogP contribution is 2.53. The van der Waals surface area contributed by atoms with E-state index in [1.807, 2.05) is 53.4 Å². The lowest BCUT2D eigenvalue weighted by atomic mass is 9.87. The molecule has 0 radical (unpaired) electrons. The van der Waals surface area contributed by atoms with E-state index in [0.717, 1.165) is 84.1 Å². The molecule has 3 aromatic carbocycles. The average molecular weight is 561 g/mol. The Labute approximate surface area is 242 Å². The number of para-hydroxylation sites is 1. The van der Waals surface area contributed by atoms with Crippen LogP contribution in [0.1, 0.15) is 60.8 Å². The average Bonchev–Trinajstić information content (AvgIpc) is 3.37. The molecule has 2 aliphatic rings. The molecule has 1 saturated heterocycles. The number of aryl methyl sites for hydroxylation is 1. The molecule has 1 amide bonds. The fourth-order valence-corrected chi connectivity index (χ4v) is 7.13. The summed E-state index contributed by atoms with van der Waals surface area (Å²) in [7, 11) is 1.66. The maximum Gasteiger partial charge on any atom is 0.225 e. The summed E-state index contributed by atoms with van der Waals surface area (Å²) >= 11 is 1.71. The molecule has 7 heteroatoms. The van der Waals surface area contributed by atoms with Gasteiger partial charge in [0.2, 0.25) is 5.91 Å². The predicted molar refractivity (Wildman–Crippen MR) is 161 cm³/mol. The maximum atomic E-state index is 12.6. The Bertz CT molecular complexity index is 1290. The molecular formula is C33H40N2O4S. The van der Waals surface area contributed by atoms with Crippen LogP contribution in [-0.2, 0) is 4.79 Å². The molecule has 0 aromatic heterocycles. The quantitative estimate of drug-likeness (QED) is 0.276. The zero-order chi connectivity index (χ0) is 28.1. The Kier molecular flexibility index (Phi) is 9.35. The van der Waals surface area contributed by atoms with Crippen LogP contribution < -0.4 is 14.4 Å². The van der Waals surface area contributed by atoms with Gasteiger partial charge in [-0.2, -0.15) is 0 Å². The van der Waals surface area contributed by atoms with Crippen LogP contribution in [0.2, 0.25) is 0 Å². The number of carbonyl (C=O) groups excluding carboxylic acids is 1. The first-order valence-corrected chi connectivity index (χ1v) is 15.2. The van der Waals surface area contributed by atoms with E-state index in [1.54, 1.807) is 25.8 Å². The van der Waals surface area contributed by atoms with Gasteiger partial charge < -0.3 is 19.5 Å². The topological polar surface area (TPSA) is 62.2 Å². The first kappa shape index (κ1) is 28.5. The summed E-state index contributed by atoms with van der Waals surface area (Å²) in [5.41, 5.74) is 4.15. The molecule has 1 fully saturated rings. The van der Waals surface area contributed by atoms with E-state index >= 15 is 0 Å². The van der Waals surface area contributed by atoms with Crippen molar-refractivity contribution in [3.8, 4) is 11.5 Å². The van der Waals surface area contributed by atoms with Crippen LogP contribution in [0.5, 0.6) is 11.5 Å². The van der Waals surface area contributed by atoms with E-state index < -0.39 is 6.10 Å². The van der Waals surface area contributed by atoms with Crippen molar-refractivity contribution in [1.82, 2.24) is 4.90 Å². The van der Waals surface area contributed by atoms with Crippen molar-refractivity contribution < 1.29 is 19.4 Å². The van der Waals surface area contributed by atoms with E-state index in [0.29, 0.717) is 12.5 Å². The van der Waals surface area contributed by atoms with E-state index in [1.165, 1.54) is 0 Å². The lowest BCUT2D eigenvalue weighted by Crippen LogP contribution is -2.36. The minimum Gasteiger partial charge on any atom is -0.497 e. The van der Waals surface area contributed by atoms with E-state index in [-0.39, 0.29) is 11.3 Å². The maximum absolute atomic E-state index is 12.6. The van der Waals surface area contributed by atoms with Gasteiger partial charge in [-0.05, 0) is 100 Å². The normalized spacial score (nSPS) is 18.4. The second-order valence-electron chi connectivity index (χ2n) is 10.8. The number of likely N-dealkylation sites (tertiary alicyclic amines) is 1. The minimum atomic E-state index is -0.421. The van der Waals surface area contributed by atoms with Crippen LogP contribution in [0, 0.1) is 12.8 Å². The Morgan fingerprint density at radius 2 is 1.80 bits per heavy atom. The molecule has 40 heavy (non-hydrogen) atoms. The van der Waals surface area contributed by atoms with Gasteiger partial charge in [0.1, 0.15) is 16.9 Å². The molecule has 3 aromatic rings. The van der Waals surface area contributed by atoms with Crippen LogP contribution in [0.25, 0.3) is 0 Å². The number of anilines is 1. The Hall–Kier alpha value is -3.00. The number of ether oxygens (including phenoxy) is 2. The third-order valence-corrected chi connectivity index (χ3v) is 9.32. The molecule has 2 atom stereocenters. The number of benzene rings is 3. The first-order chi connectivity index (χ1) is 19.4. The molecule has 2 aliphatic heterocycles. The number of methoxy groups -OCH3 is 1. The highest BCUT2D eigenvalue weighted by Gasteiger charge is 2.35. The molecule has 0 aliphatic carbocycles. The summed E-state index contributed by atoms with van der Waals surface area (Å²) in [6.07, 6.45) is 3.62. The first-order valence-electron chi connectivity index (χ1n) is 14.3. The number of nitrogens with zero attached hydrogens (tertiary/aromatic N) is 2. The van der Waals surface area contributed by atoms with Gasteiger partial charge in [0.05, 0.1) is 25.5 Å². The number of rotatable bonds is 10. The third kappa shape index (κ3) is 6.48. The zero-order valence-electron chi connectivity index (χ0n) is 23.7. The summed E-state index contributed by atoms with van der Waals surface area (Å²) in [6.45, 7) is 7.43. The second-order valence-corrected chi connectivity index (χ2v) is 11.9. The van der Waals surface area contributed by atoms with Crippen LogP contribution in [0.3, 0.4) is 0 Å². The largest absolute Gasteiger partial charge is 0.497 e. The number of aliphatic hydroxyl groups is 1. The molecular weight excluding hydrogens is 520 g/mol. The van der Waals surface area contributed by atoms with Gasteiger partial charge >= 0.3 is 0 Å². The molecule has 212 valence electrons. The number of unbranched alkanes of at least 4 members (excludes halogenated alkanes) is 1. The summed E-state index contributed by atoms with van der Waals surface area (Å²) in [5, 5.41) is 10.7. The van der Waals surface area contributed by atoms with Crippen molar-refractivity contribution in [3.63, 3.8) is 0 Å². The summed E-state index contributed by atoms with van der Waals surface area (Å²) in [5.74, 6) is 2.00. The summed E-state index contributed by atoms with van der Waals surface area (Å²) in [6, 6.07) is 22.1. The number of piperidine rings is 1. The fraction of sp³-hybridized carbons (Fsp3) is 0.424. The molecule has 1 N–H and O–H groups in total. The minimum absolute atomic E-state index is 0.0372. The standard InChI is InChI=1S/C33H40N2O4S/c1-23-10-15-30(28(22-23)33-35(24(2)36)29-8-4-5-9-31(29)40-33)39-21-7-6-18-34-19-16-26(17-20-34)32(37)25-11-13-27(38-3)14-12-25/h4-5,8-15,22,26,32-33,37H,6-7,16-21H2,1-3H3. The molecule has 0 saturated carbocycles. The SMILES string of the molecule is COc1ccc(C(O)C2CCN(CCCCOc3ccc(C)cc3C3Sc4ccccc4N3C(C)=O)CC2)cc1. The van der Waals surface area contributed by atoms with Crippen molar-refractivity contribution in [2.24, 2.45) is 5.92 Å². The number of hydrogen-bond acceptors (Lipinski definition) is 6. The highest BCUT2D eigenvalue weighted by atomic mass is 32.2. The van der Waals surface area contributed by atoms with E-state index in [4.69, 9.17) is 9.47 Å². The molecule has 2 heterocycles. The number of carbonyl (C=O) groups is 1. The second kappa shape index (κ2) is 13.1. The smallest absolute Gasteiger partial charge is 0.225 e. The Morgan fingerprint density at radius 3 is 2.52 bits per heavy atom. The van der Waals surface area contributed by atoms with Gasteiger partial charge in [-0.1, -0.05) is 47.7 Å². The molecule has 5 rings (SSSR count). The van der Waals surface area contributed by atoms with Gasteiger partial charge in [-0.15, -0.1) is 0 Å². The van der Waals surface area contributed by atoms with E-state index in [2.05, 4.69) is 30.0 Å². The van der Waals surface area contributed by atoms with Crippen LogP contribution >= 0.6 is 11.8 Å². The number of aliphatic hydroxyl groups excluding tert-OH is 1. The van der Waals surface area contributed by atoms with Crippen molar-refractivity contribution in [2.45, 2.75) is 55.9 Å². The van der Waals surface area contributed by atoms with Gasteiger partial charge in [0.15, 0.2) is 0 Å². The summed E-state index contributed by atoms with van der Waals surface area (Å²) < 4.78 is 11.6. The van der Waals surface area contributed by atoms with E-state index in [9.17, 15) is 9.90 Å². The van der Waals surface area contributed by atoms with Crippen LogP contribution in [-0.4, -0.2) is 49.3 Å². The van der Waals surface area contributed by atoms with Gasteiger partial charge in [-0.3, -0.25) is 9.69 Å². The third-order valence-electron chi connectivity index (χ3n) is 8.03. The van der Waals surface area contributed by atoms with Crippen molar-refractivity contribution in [1.29, 1.82) is 0 Å². The number of hydrogen-bond donors (Lipinski definition) is 1. The Morgan fingerprint density at radius 1 is 1.05 bits per heavy atom. The van der Waals surface area contributed by atoms with Crippen LogP contribution in [0.15, 0.2) is 71.6 Å². The molecule has 6 nitrogen and oxygen atoms in total. The summed E-state index contributed by atoms with van der Waals surface area (Å²) in [4.78, 5) is 18.2. The number of amides is 1. The van der Waals surface area contributed by atoms with Gasteiger partial charge in [0.25, 0.3) is 0 Å². The highest BCUT2D eigenvalue weighted by molar-refractivity contribution is 8.00.